The summed E-state index contributed by atoms with van der Waals surface area (Å²) in [5.41, 5.74) is 2.68. The van der Waals surface area contributed by atoms with Crippen molar-refractivity contribution in [1.29, 1.82) is 0 Å². The highest BCUT2D eigenvalue weighted by molar-refractivity contribution is 6.30. The van der Waals surface area contributed by atoms with Crippen LogP contribution in [0.1, 0.15) is 19.4 Å². The number of nitrogens with one attached hydrogen (secondary N) is 1. The zero-order chi connectivity index (χ0) is 20.5. The van der Waals surface area contributed by atoms with Crippen LogP contribution < -0.4 is 19.6 Å². The van der Waals surface area contributed by atoms with Gasteiger partial charge in [0, 0.05) is 30.5 Å². The fourth-order valence-corrected chi connectivity index (χ4v) is 2.19. The molecular formula is C19H17ClN2O6. The number of esters is 2. The number of benzene rings is 2. The van der Waals surface area contributed by atoms with Crippen molar-refractivity contribution in [2.24, 2.45) is 5.10 Å². The fourth-order valence-electron chi connectivity index (χ4n) is 2.01. The highest BCUT2D eigenvalue weighted by atomic mass is 35.5. The molecule has 2 aromatic carbocycles. The minimum Gasteiger partial charge on any atom is -0.484 e. The molecule has 0 aromatic heterocycles. The summed E-state index contributed by atoms with van der Waals surface area (Å²) in [5.74, 6) is -0.790. The van der Waals surface area contributed by atoms with Gasteiger partial charge in [-0.15, -0.1) is 0 Å². The van der Waals surface area contributed by atoms with Gasteiger partial charge in [-0.1, -0.05) is 17.7 Å². The van der Waals surface area contributed by atoms with Crippen molar-refractivity contribution < 1.29 is 28.6 Å². The zero-order valence-electron chi connectivity index (χ0n) is 15.1. The predicted molar refractivity (Wildman–Crippen MR) is 102 cm³/mol. The average Bonchev–Trinajstić information content (AvgIpc) is 2.61. The number of hydrazone groups is 1. The van der Waals surface area contributed by atoms with Gasteiger partial charge in [-0.25, -0.2) is 5.43 Å². The van der Waals surface area contributed by atoms with Gasteiger partial charge in [0.1, 0.15) is 17.2 Å². The molecule has 0 aliphatic rings. The second kappa shape index (κ2) is 10.1. The molecule has 0 atom stereocenters. The third kappa shape index (κ3) is 7.08. The largest absolute Gasteiger partial charge is 0.484 e. The van der Waals surface area contributed by atoms with Gasteiger partial charge >= 0.3 is 11.9 Å². The molecule has 0 saturated heterocycles. The highest BCUT2D eigenvalue weighted by Crippen LogP contribution is 2.24. The van der Waals surface area contributed by atoms with Gasteiger partial charge in [0.25, 0.3) is 5.91 Å². The summed E-state index contributed by atoms with van der Waals surface area (Å²) in [5, 5.41) is 4.29. The van der Waals surface area contributed by atoms with E-state index in [1.165, 1.54) is 38.3 Å². The van der Waals surface area contributed by atoms with Gasteiger partial charge in [0.15, 0.2) is 6.61 Å². The Morgan fingerprint density at radius 3 is 2.46 bits per heavy atom. The highest BCUT2D eigenvalue weighted by Gasteiger charge is 2.09. The number of nitrogens with zero attached hydrogens (tertiary/aromatic N) is 1. The second-order valence-corrected chi connectivity index (χ2v) is 5.86. The lowest BCUT2D eigenvalue weighted by atomic mass is 10.2. The van der Waals surface area contributed by atoms with Crippen molar-refractivity contribution in [3.63, 3.8) is 0 Å². The predicted octanol–water partition coefficient (Wildman–Crippen LogP) is 2.72. The van der Waals surface area contributed by atoms with Crippen LogP contribution in [0.25, 0.3) is 0 Å². The van der Waals surface area contributed by atoms with Crippen LogP contribution in [0, 0.1) is 0 Å². The van der Waals surface area contributed by atoms with E-state index in [1.54, 1.807) is 24.3 Å². The molecule has 2 aromatic rings. The smallest absolute Gasteiger partial charge is 0.308 e. The molecule has 0 saturated carbocycles. The van der Waals surface area contributed by atoms with Crippen molar-refractivity contribution in [2.75, 3.05) is 6.61 Å². The molecule has 0 unspecified atom stereocenters. The molecule has 146 valence electrons. The van der Waals surface area contributed by atoms with E-state index in [0.29, 0.717) is 16.3 Å². The van der Waals surface area contributed by atoms with Crippen molar-refractivity contribution in [3.05, 3.63) is 53.1 Å². The van der Waals surface area contributed by atoms with E-state index in [2.05, 4.69) is 10.5 Å². The minimum absolute atomic E-state index is 0.124. The maximum absolute atomic E-state index is 11.8. The molecular weight excluding hydrogens is 388 g/mol. The summed E-state index contributed by atoms with van der Waals surface area (Å²) in [4.78, 5) is 34.1. The Bertz CT molecular complexity index is 913. The van der Waals surface area contributed by atoms with E-state index >= 15 is 0 Å². The van der Waals surface area contributed by atoms with E-state index in [-0.39, 0.29) is 18.1 Å². The Hall–Kier alpha value is -3.39. The summed E-state index contributed by atoms with van der Waals surface area (Å²) in [6.07, 6.45) is 1.28. The number of rotatable bonds is 7. The van der Waals surface area contributed by atoms with Crippen molar-refractivity contribution in [1.82, 2.24) is 5.43 Å². The molecule has 0 aliphatic carbocycles. The van der Waals surface area contributed by atoms with Crippen LogP contribution >= 0.6 is 11.6 Å². The molecule has 8 nitrogen and oxygen atoms in total. The van der Waals surface area contributed by atoms with Gasteiger partial charge in [-0.05, 0) is 30.3 Å². The Balaban J connectivity index is 1.98. The molecule has 0 radical (unpaired) electrons. The van der Waals surface area contributed by atoms with E-state index in [4.69, 9.17) is 25.8 Å². The molecule has 0 aliphatic heterocycles. The molecule has 1 amide bonds. The maximum Gasteiger partial charge on any atom is 0.308 e. The SMILES string of the molecule is CC(=O)Oc1ccc(C=NNC(=O)COc2cccc(Cl)c2)c(OC(C)=O)c1. The minimum atomic E-state index is -0.561. The summed E-state index contributed by atoms with van der Waals surface area (Å²) in [6.45, 7) is 2.22. The third-order valence-corrected chi connectivity index (χ3v) is 3.29. The second-order valence-electron chi connectivity index (χ2n) is 5.43. The van der Waals surface area contributed by atoms with Crippen LogP contribution in [0.5, 0.6) is 17.2 Å². The van der Waals surface area contributed by atoms with Gasteiger partial charge in [0.2, 0.25) is 0 Å². The Morgan fingerprint density at radius 2 is 1.79 bits per heavy atom. The summed E-state index contributed by atoms with van der Waals surface area (Å²) in [7, 11) is 0. The molecule has 0 bridgehead atoms. The van der Waals surface area contributed by atoms with E-state index in [9.17, 15) is 14.4 Å². The summed E-state index contributed by atoms with van der Waals surface area (Å²) >= 11 is 5.83. The topological polar surface area (TPSA) is 103 Å². The first kappa shape index (κ1) is 20.9. The number of carbonyl (C=O) groups is 3. The first-order chi connectivity index (χ1) is 13.3. The number of hydrogen-bond acceptors (Lipinski definition) is 7. The van der Waals surface area contributed by atoms with E-state index in [1.807, 2.05) is 0 Å². The van der Waals surface area contributed by atoms with Crippen LogP contribution in [0.15, 0.2) is 47.6 Å². The van der Waals surface area contributed by atoms with E-state index in [0.717, 1.165) is 0 Å². The van der Waals surface area contributed by atoms with Crippen LogP contribution in [0.4, 0.5) is 0 Å². The van der Waals surface area contributed by atoms with Crippen molar-refractivity contribution >= 4 is 35.7 Å². The quantitative estimate of drug-likeness (QED) is 0.329. The number of amides is 1. The molecule has 0 spiro atoms. The number of hydrogen-bond donors (Lipinski definition) is 1. The first-order valence-electron chi connectivity index (χ1n) is 8.04. The van der Waals surface area contributed by atoms with E-state index < -0.39 is 17.8 Å². The standard InChI is InChI=1S/C19H17ClN2O6/c1-12(23)27-17-7-6-14(18(9-17)28-13(2)24)10-21-22-19(25)11-26-16-5-3-4-15(20)8-16/h3-10H,11H2,1-2H3,(H,22,25). The third-order valence-electron chi connectivity index (χ3n) is 3.06. The Kier molecular flexibility index (Phi) is 7.53. The lowest BCUT2D eigenvalue weighted by Crippen LogP contribution is -2.24. The van der Waals surface area contributed by atoms with Crippen LogP contribution in [-0.2, 0) is 14.4 Å². The van der Waals surface area contributed by atoms with Gasteiger partial charge < -0.3 is 14.2 Å². The molecule has 2 rings (SSSR count). The van der Waals surface area contributed by atoms with Crippen molar-refractivity contribution in [2.45, 2.75) is 13.8 Å². The number of carbonyl (C=O) groups excluding carboxylic acids is 3. The van der Waals surface area contributed by atoms with Crippen LogP contribution in [0.3, 0.4) is 0 Å². The lowest BCUT2D eigenvalue weighted by molar-refractivity contribution is -0.132. The number of ether oxygens (including phenoxy) is 3. The first-order valence-corrected chi connectivity index (χ1v) is 8.42. The molecule has 28 heavy (non-hydrogen) atoms. The number of halogens is 1. The average molecular weight is 405 g/mol. The molecule has 9 heteroatoms. The molecule has 0 heterocycles. The Morgan fingerprint density at radius 1 is 1.04 bits per heavy atom. The van der Waals surface area contributed by atoms with Crippen LogP contribution in [0.2, 0.25) is 5.02 Å². The fraction of sp³-hybridized carbons (Fsp3) is 0.158. The lowest BCUT2D eigenvalue weighted by Gasteiger charge is -2.08. The van der Waals surface area contributed by atoms with Crippen LogP contribution in [-0.4, -0.2) is 30.7 Å². The molecule has 0 fully saturated rings. The van der Waals surface area contributed by atoms with Gasteiger partial charge in [0.05, 0.1) is 6.21 Å². The van der Waals surface area contributed by atoms with Gasteiger partial charge in [-0.3, -0.25) is 14.4 Å². The zero-order valence-corrected chi connectivity index (χ0v) is 15.9. The Labute approximate surface area is 166 Å². The monoisotopic (exact) mass is 404 g/mol. The van der Waals surface area contributed by atoms with Gasteiger partial charge in [-0.2, -0.15) is 5.10 Å². The maximum atomic E-state index is 11.8. The summed E-state index contributed by atoms with van der Waals surface area (Å²) < 4.78 is 15.3. The normalized spacial score (nSPS) is 10.4. The molecule has 1 N–H and O–H groups in total. The van der Waals surface area contributed by atoms with Crippen molar-refractivity contribution in [3.8, 4) is 17.2 Å². The summed E-state index contributed by atoms with van der Waals surface area (Å²) in [6, 6.07) is 11.0.